The molecular weight excluding hydrogens is 232 g/mol. The molecule has 1 aliphatic carbocycles. The van der Waals surface area contributed by atoms with Gasteiger partial charge in [0, 0.05) is 26.1 Å². The van der Waals surface area contributed by atoms with E-state index in [1.807, 2.05) is 0 Å². The van der Waals surface area contributed by atoms with Gasteiger partial charge >= 0.3 is 0 Å². The molecule has 1 saturated heterocycles. The van der Waals surface area contributed by atoms with Crippen molar-refractivity contribution in [2.75, 3.05) is 18.8 Å². The van der Waals surface area contributed by atoms with E-state index in [-0.39, 0.29) is 17.9 Å². The molecule has 6 nitrogen and oxygen atoms in total. The Morgan fingerprint density at radius 2 is 2.28 bits per heavy atom. The molecule has 1 aliphatic heterocycles. The molecule has 18 heavy (non-hydrogen) atoms. The predicted molar refractivity (Wildman–Crippen MR) is 65.7 cm³/mol. The number of likely N-dealkylation sites (tertiary alicyclic amines) is 1. The average Bonchev–Trinajstić information content (AvgIpc) is 2.99. The molecule has 2 heterocycles. The van der Waals surface area contributed by atoms with Gasteiger partial charge in [0.1, 0.15) is 11.4 Å². The van der Waals surface area contributed by atoms with E-state index >= 15 is 0 Å². The monoisotopic (exact) mass is 250 g/mol. The van der Waals surface area contributed by atoms with Gasteiger partial charge in [0.25, 0.3) is 5.91 Å². The molecule has 1 aromatic rings. The number of fused-ring (bicyclic) bond motifs is 1. The highest BCUT2D eigenvalue weighted by Gasteiger charge is 2.43. The number of aliphatic hydroxyl groups is 1. The maximum absolute atomic E-state index is 12.3. The lowest BCUT2D eigenvalue weighted by molar-refractivity contribution is 0.0753. The van der Waals surface area contributed by atoms with Crippen molar-refractivity contribution in [1.82, 2.24) is 14.7 Å². The Morgan fingerprint density at radius 3 is 2.89 bits per heavy atom. The summed E-state index contributed by atoms with van der Waals surface area (Å²) in [6, 6.07) is 0. The molecule has 3 N–H and O–H groups in total. The summed E-state index contributed by atoms with van der Waals surface area (Å²) in [5, 5.41) is 13.8. The van der Waals surface area contributed by atoms with Crippen molar-refractivity contribution in [2.45, 2.75) is 18.9 Å². The lowest BCUT2D eigenvalue weighted by atomic mass is 10.00. The normalized spacial score (nSPS) is 30.8. The fourth-order valence-electron chi connectivity index (χ4n) is 3.18. The number of aryl methyl sites for hydroxylation is 1. The number of amides is 1. The molecule has 1 aromatic heterocycles. The third-order valence-corrected chi connectivity index (χ3v) is 4.32. The second-order valence-electron chi connectivity index (χ2n) is 5.35. The van der Waals surface area contributed by atoms with Crippen molar-refractivity contribution in [1.29, 1.82) is 0 Å². The summed E-state index contributed by atoms with van der Waals surface area (Å²) in [6.45, 7) is 1.37. The molecule has 3 atom stereocenters. The fraction of sp³-hybridized carbons (Fsp3) is 0.667. The molecule has 0 bridgehead atoms. The van der Waals surface area contributed by atoms with Crippen LogP contribution in [0.3, 0.4) is 0 Å². The maximum Gasteiger partial charge on any atom is 0.259 e. The number of aliphatic hydroxyl groups excluding tert-OH is 1. The SMILES string of the molecule is Cn1ncc(C(=O)N2CC3CCC(O)C3C2)c1N. The first-order valence-corrected chi connectivity index (χ1v) is 6.32. The molecule has 2 aliphatic rings. The van der Waals surface area contributed by atoms with Crippen LogP contribution < -0.4 is 5.73 Å². The summed E-state index contributed by atoms with van der Waals surface area (Å²) < 4.78 is 1.50. The molecule has 3 rings (SSSR count). The predicted octanol–water partition coefficient (Wildman–Crippen LogP) is -0.155. The Morgan fingerprint density at radius 1 is 1.50 bits per heavy atom. The van der Waals surface area contributed by atoms with Gasteiger partial charge in [-0.05, 0) is 18.8 Å². The number of anilines is 1. The van der Waals surface area contributed by atoms with Crippen LogP contribution in [-0.2, 0) is 7.05 Å². The molecule has 1 saturated carbocycles. The van der Waals surface area contributed by atoms with Crippen molar-refractivity contribution in [3.63, 3.8) is 0 Å². The van der Waals surface area contributed by atoms with Crippen LogP contribution in [0.1, 0.15) is 23.2 Å². The van der Waals surface area contributed by atoms with Gasteiger partial charge in [-0.25, -0.2) is 0 Å². The first kappa shape index (κ1) is 11.5. The number of nitrogen functional groups attached to an aromatic ring is 1. The minimum absolute atomic E-state index is 0.0674. The highest BCUT2D eigenvalue weighted by atomic mass is 16.3. The lowest BCUT2D eigenvalue weighted by Crippen LogP contribution is -2.31. The number of hydrogen-bond donors (Lipinski definition) is 2. The van der Waals surface area contributed by atoms with E-state index in [0.717, 1.165) is 19.4 Å². The zero-order chi connectivity index (χ0) is 12.9. The van der Waals surface area contributed by atoms with Gasteiger partial charge in [-0.2, -0.15) is 5.10 Å². The van der Waals surface area contributed by atoms with Crippen LogP contribution >= 0.6 is 0 Å². The number of carbonyl (C=O) groups is 1. The van der Waals surface area contributed by atoms with Gasteiger partial charge in [0.2, 0.25) is 0 Å². The van der Waals surface area contributed by atoms with Crippen LogP contribution in [0.5, 0.6) is 0 Å². The summed E-state index contributed by atoms with van der Waals surface area (Å²) in [6.07, 6.45) is 3.14. The van der Waals surface area contributed by atoms with Crippen molar-refractivity contribution in [3.8, 4) is 0 Å². The van der Waals surface area contributed by atoms with E-state index in [9.17, 15) is 9.90 Å². The van der Waals surface area contributed by atoms with Crippen LogP contribution in [-0.4, -0.2) is 44.9 Å². The van der Waals surface area contributed by atoms with Gasteiger partial charge in [0.05, 0.1) is 12.3 Å². The summed E-state index contributed by atoms with van der Waals surface area (Å²) in [7, 11) is 1.72. The van der Waals surface area contributed by atoms with Crippen LogP contribution in [0.2, 0.25) is 0 Å². The number of hydrogen-bond acceptors (Lipinski definition) is 4. The quantitative estimate of drug-likeness (QED) is 0.725. The smallest absolute Gasteiger partial charge is 0.259 e. The summed E-state index contributed by atoms with van der Waals surface area (Å²) in [5.41, 5.74) is 6.28. The number of rotatable bonds is 1. The van der Waals surface area contributed by atoms with E-state index in [4.69, 9.17) is 5.73 Å². The lowest BCUT2D eigenvalue weighted by Gasteiger charge is -2.18. The van der Waals surface area contributed by atoms with Crippen LogP contribution in [0.25, 0.3) is 0 Å². The Kier molecular flexibility index (Phi) is 2.55. The zero-order valence-electron chi connectivity index (χ0n) is 10.4. The molecule has 3 unspecified atom stereocenters. The van der Waals surface area contributed by atoms with Gasteiger partial charge in [0.15, 0.2) is 0 Å². The largest absolute Gasteiger partial charge is 0.393 e. The Labute approximate surface area is 105 Å². The summed E-state index contributed by atoms with van der Waals surface area (Å²) >= 11 is 0. The Hall–Kier alpha value is -1.56. The number of nitrogens with two attached hydrogens (primary N) is 1. The zero-order valence-corrected chi connectivity index (χ0v) is 10.4. The van der Waals surface area contributed by atoms with E-state index in [0.29, 0.717) is 23.8 Å². The molecular formula is C12H18N4O2. The second-order valence-corrected chi connectivity index (χ2v) is 5.35. The number of nitrogens with zero attached hydrogens (tertiary/aromatic N) is 3. The Bertz CT molecular complexity index is 484. The van der Waals surface area contributed by atoms with E-state index in [1.165, 1.54) is 10.9 Å². The van der Waals surface area contributed by atoms with E-state index < -0.39 is 0 Å². The van der Waals surface area contributed by atoms with Crippen LogP contribution in [0.4, 0.5) is 5.82 Å². The second kappa shape index (κ2) is 3.98. The van der Waals surface area contributed by atoms with Crippen molar-refractivity contribution >= 4 is 11.7 Å². The minimum Gasteiger partial charge on any atom is -0.393 e. The third kappa shape index (κ3) is 1.59. The molecule has 1 amide bonds. The van der Waals surface area contributed by atoms with Crippen LogP contribution in [0.15, 0.2) is 6.20 Å². The topological polar surface area (TPSA) is 84.4 Å². The minimum atomic E-state index is -0.251. The van der Waals surface area contributed by atoms with E-state index in [2.05, 4.69) is 5.10 Å². The molecule has 98 valence electrons. The number of carbonyl (C=O) groups excluding carboxylic acids is 1. The number of aromatic nitrogens is 2. The average molecular weight is 250 g/mol. The van der Waals surface area contributed by atoms with Gasteiger partial charge in [-0.15, -0.1) is 0 Å². The fourth-order valence-corrected chi connectivity index (χ4v) is 3.18. The maximum atomic E-state index is 12.3. The molecule has 0 aromatic carbocycles. The highest BCUT2D eigenvalue weighted by Crippen LogP contribution is 2.38. The van der Waals surface area contributed by atoms with Crippen molar-refractivity contribution in [2.24, 2.45) is 18.9 Å². The van der Waals surface area contributed by atoms with Gasteiger partial charge < -0.3 is 15.7 Å². The van der Waals surface area contributed by atoms with Gasteiger partial charge in [-0.1, -0.05) is 0 Å². The summed E-state index contributed by atoms with van der Waals surface area (Å²) in [5.74, 6) is 1.02. The molecule has 0 spiro atoms. The molecule has 6 heteroatoms. The van der Waals surface area contributed by atoms with Crippen molar-refractivity contribution in [3.05, 3.63) is 11.8 Å². The Balaban J connectivity index is 1.77. The molecule has 2 fully saturated rings. The molecule has 0 radical (unpaired) electrons. The van der Waals surface area contributed by atoms with Crippen LogP contribution in [0, 0.1) is 11.8 Å². The standard InChI is InChI=1S/C12H18N4O2/c1-15-11(13)8(4-14-15)12(18)16-5-7-2-3-10(17)9(7)6-16/h4,7,9-10,17H,2-3,5-6,13H2,1H3. The van der Waals surface area contributed by atoms with Gasteiger partial charge in [-0.3, -0.25) is 9.48 Å². The highest BCUT2D eigenvalue weighted by molar-refractivity contribution is 5.98. The summed E-state index contributed by atoms with van der Waals surface area (Å²) in [4.78, 5) is 14.1. The first-order chi connectivity index (χ1) is 8.58. The van der Waals surface area contributed by atoms with E-state index in [1.54, 1.807) is 11.9 Å². The third-order valence-electron chi connectivity index (χ3n) is 4.32. The first-order valence-electron chi connectivity index (χ1n) is 6.32. The van der Waals surface area contributed by atoms with Crippen molar-refractivity contribution < 1.29 is 9.90 Å².